The summed E-state index contributed by atoms with van der Waals surface area (Å²) in [6.45, 7) is 4.54. The number of rotatable bonds is 11. The Morgan fingerprint density at radius 3 is 2.79 bits per heavy atom. The fraction of sp³-hybridized carbons (Fsp3) is 0.346. The average Bonchev–Trinajstić information content (AvgIpc) is 3.68. The molecule has 1 aliphatic rings. The predicted octanol–water partition coefficient (Wildman–Crippen LogP) is 3.71. The SMILES string of the molecule is CCN([C@@H]1CCN(Cc2ccc(F)cc2)C1)S(=O)(=O)NCCc1c(-c2cnccn2)n[nH]c1-c1cccs1. The van der Waals surface area contributed by atoms with E-state index in [1.54, 1.807) is 46.4 Å². The Bertz CT molecular complexity index is 1430. The molecular weight excluding hydrogens is 525 g/mol. The van der Waals surface area contributed by atoms with E-state index in [4.69, 9.17) is 0 Å². The lowest BCUT2D eigenvalue weighted by Crippen LogP contribution is -2.48. The van der Waals surface area contributed by atoms with Gasteiger partial charge in [0.25, 0.3) is 10.2 Å². The van der Waals surface area contributed by atoms with Crippen molar-refractivity contribution in [1.82, 2.24) is 34.1 Å². The van der Waals surface area contributed by atoms with Gasteiger partial charge in [-0.15, -0.1) is 11.3 Å². The van der Waals surface area contributed by atoms with Crippen molar-refractivity contribution in [3.63, 3.8) is 0 Å². The first-order chi connectivity index (χ1) is 18.4. The lowest BCUT2D eigenvalue weighted by Gasteiger charge is -2.27. The van der Waals surface area contributed by atoms with Crippen molar-refractivity contribution < 1.29 is 12.8 Å². The van der Waals surface area contributed by atoms with E-state index < -0.39 is 10.2 Å². The van der Waals surface area contributed by atoms with E-state index in [-0.39, 0.29) is 18.4 Å². The van der Waals surface area contributed by atoms with Gasteiger partial charge >= 0.3 is 0 Å². The molecule has 0 unspecified atom stereocenters. The average molecular weight is 556 g/mol. The number of hydrogen-bond acceptors (Lipinski definition) is 7. The second kappa shape index (κ2) is 11.8. The summed E-state index contributed by atoms with van der Waals surface area (Å²) in [6, 6.07) is 10.3. The monoisotopic (exact) mass is 555 g/mol. The molecule has 1 fully saturated rings. The lowest BCUT2D eigenvalue weighted by molar-refractivity contribution is 0.284. The molecule has 12 heteroatoms. The van der Waals surface area contributed by atoms with Gasteiger partial charge in [-0.3, -0.25) is 20.0 Å². The fourth-order valence-corrected chi connectivity index (χ4v) is 7.10. The van der Waals surface area contributed by atoms with E-state index in [2.05, 4.69) is 29.8 Å². The normalized spacial score (nSPS) is 16.4. The smallest absolute Gasteiger partial charge is 0.279 e. The van der Waals surface area contributed by atoms with E-state index in [1.807, 2.05) is 24.4 Å². The Morgan fingerprint density at radius 2 is 2.08 bits per heavy atom. The van der Waals surface area contributed by atoms with Crippen LogP contribution in [0.2, 0.25) is 0 Å². The molecule has 1 saturated heterocycles. The molecule has 1 aliphatic heterocycles. The highest BCUT2D eigenvalue weighted by Crippen LogP contribution is 2.32. The molecule has 1 aromatic carbocycles. The van der Waals surface area contributed by atoms with Crippen LogP contribution in [0.5, 0.6) is 0 Å². The van der Waals surface area contributed by atoms with E-state index in [1.165, 1.54) is 12.1 Å². The van der Waals surface area contributed by atoms with E-state index >= 15 is 0 Å². The molecule has 5 rings (SSSR count). The number of halogens is 1. The van der Waals surface area contributed by atoms with Crippen LogP contribution in [0.3, 0.4) is 0 Å². The number of hydrogen-bond donors (Lipinski definition) is 2. The van der Waals surface area contributed by atoms with Crippen molar-refractivity contribution in [2.75, 3.05) is 26.2 Å². The molecular formula is C26H30FN7O2S2. The largest absolute Gasteiger partial charge is 0.297 e. The lowest BCUT2D eigenvalue weighted by atomic mass is 10.1. The van der Waals surface area contributed by atoms with Crippen LogP contribution in [0, 0.1) is 5.82 Å². The first-order valence-corrected chi connectivity index (χ1v) is 14.9. The van der Waals surface area contributed by atoms with Gasteiger partial charge in [0.05, 0.1) is 16.8 Å². The van der Waals surface area contributed by atoms with Crippen LogP contribution in [0.1, 0.15) is 24.5 Å². The number of nitrogens with one attached hydrogen (secondary N) is 2. The molecule has 0 saturated carbocycles. The molecule has 3 aromatic heterocycles. The number of aromatic nitrogens is 4. The minimum Gasteiger partial charge on any atom is -0.297 e. The Hall–Kier alpha value is -3.03. The maximum absolute atomic E-state index is 13.4. The topological polar surface area (TPSA) is 107 Å². The van der Waals surface area contributed by atoms with Crippen LogP contribution in [0.25, 0.3) is 22.0 Å². The van der Waals surface area contributed by atoms with E-state index in [9.17, 15) is 12.8 Å². The molecule has 1 atom stereocenters. The number of aromatic amines is 1. The Labute approximate surface area is 225 Å². The molecule has 0 radical (unpaired) electrons. The number of thiophene rings is 1. The highest BCUT2D eigenvalue weighted by Gasteiger charge is 2.34. The zero-order valence-corrected chi connectivity index (χ0v) is 22.7. The molecule has 38 heavy (non-hydrogen) atoms. The zero-order chi connectivity index (χ0) is 26.5. The quantitative estimate of drug-likeness (QED) is 0.292. The predicted molar refractivity (Wildman–Crippen MR) is 146 cm³/mol. The first-order valence-electron chi connectivity index (χ1n) is 12.6. The Kier molecular flexibility index (Phi) is 8.24. The van der Waals surface area contributed by atoms with Crippen LogP contribution in [0.4, 0.5) is 4.39 Å². The van der Waals surface area contributed by atoms with E-state index in [0.29, 0.717) is 37.4 Å². The molecule has 0 spiro atoms. The van der Waals surface area contributed by atoms with Gasteiger partial charge in [0.15, 0.2) is 0 Å². The van der Waals surface area contributed by atoms with Crippen molar-refractivity contribution >= 4 is 21.5 Å². The second-order valence-electron chi connectivity index (χ2n) is 9.15. The van der Waals surface area contributed by atoms with Crippen molar-refractivity contribution in [3.8, 4) is 22.0 Å². The minimum absolute atomic E-state index is 0.122. The molecule has 4 aromatic rings. The fourth-order valence-electron chi connectivity index (χ4n) is 4.92. The van der Waals surface area contributed by atoms with Gasteiger partial charge < -0.3 is 0 Å². The van der Waals surface area contributed by atoms with Crippen LogP contribution >= 0.6 is 11.3 Å². The summed E-state index contributed by atoms with van der Waals surface area (Å²) < 4.78 is 44.3. The number of likely N-dealkylation sites (tertiary alicyclic amines) is 1. The van der Waals surface area contributed by atoms with Crippen molar-refractivity contribution in [1.29, 1.82) is 0 Å². The molecule has 2 N–H and O–H groups in total. The molecule has 200 valence electrons. The van der Waals surface area contributed by atoms with Gasteiger partial charge in [-0.05, 0) is 42.0 Å². The summed E-state index contributed by atoms with van der Waals surface area (Å²) in [7, 11) is -3.70. The number of H-pyrrole nitrogens is 1. The van der Waals surface area contributed by atoms with Crippen LogP contribution in [-0.4, -0.2) is 70.0 Å². The third kappa shape index (κ3) is 6.00. The summed E-state index contributed by atoms with van der Waals surface area (Å²) in [5, 5.41) is 9.58. The molecule has 4 heterocycles. The summed E-state index contributed by atoms with van der Waals surface area (Å²) in [4.78, 5) is 11.8. The summed E-state index contributed by atoms with van der Waals surface area (Å²) >= 11 is 1.59. The highest BCUT2D eigenvalue weighted by atomic mass is 32.2. The third-order valence-corrected chi connectivity index (χ3v) is 9.32. The number of benzene rings is 1. The number of nitrogens with zero attached hydrogens (tertiary/aromatic N) is 5. The van der Waals surface area contributed by atoms with Crippen LogP contribution in [-0.2, 0) is 23.2 Å². The summed E-state index contributed by atoms with van der Waals surface area (Å²) in [5.41, 5.74) is 4.06. The van der Waals surface area contributed by atoms with Gasteiger partial charge in [0, 0.05) is 56.7 Å². The Morgan fingerprint density at radius 1 is 1.24 bits per heavy atom. The molecule has 9 nitrogen and oxygen atoms in total. The second-order valence-corrected chi connectivity index (χ2v) is 11.8. The van der Waals surface area contributed by atoms with Gasteiger partial charge in [-0.2, -0.15) is 17.8 Å². The van der Waals surface area contributed by atoms with E-state index in [0.717, 1.165) is 34.7 Å². The molecule has 0 amide bonds. The maximum atomic E-state index is 13.4. The van der Waals surface area contributed by atoms with Crippen LogP contribution < -0.4 is 4.72 Å². The molecule has 0 bridgehead atoms. The summed E-state index contributed by atoms with van der Waals surface area (Å²) in [5.74, 6) is -0.260. The third-order valence-electron chi connectivity index (χ3n) is 6.69. The minimum atomic E-state index is -3.70. The standard InChI is InChI=1S/C26H30FN7O2S2/c1-2-34(21-10-14-33(18-21)17-19-5-7-20(27)8-6-19)38(35,36)30-11-9-22-25(23-16-28-12-13-29-23)31-32-26(22)24-4-3-15-37-24/h3-8,12-13,15-16,21,30H,2,9-11,14,17-18H2,1H3,(H,31,32)/t21-/m1/s1. The molecule has 0 aliphatic carbocycles. The van der Waals surface area contributed by atoms with Crippen molar-refractivity contribution in [2.45, 2.75) is 32.4 Å². The van der Waals surface area contributed by atoms with Crippen molar-refractivity contribution in [3.05, 3.63) is 77.3 Å². The Balaban J connectivity index is 1.25. The van der Waals surface area contributed by atoms with Gasteiger partial charge in [-0.1, -0.05) is 25.1 Å². The first kappa shape index (κ1) is 26.6. The van der Waals surface area contributed by atoms with Gasteiger partial charge in [-0.25, -0.2) is 9.11 Å². The van der Waals surface area contributed by atoms with Gasteiger partial charge in [0.1, 0.15) is 17.2 Å². The number of likely N-dealkylation sites (N-methyl/N-ethyl adjacent to an activating group) is 1. The highest BCUT2D eigenvalue weighted by molar-refractivity contribution is 7.87. The van der Waals surface area contributed by atoms with Crippen LogP contribution in [0.15, 0.2) is 60.4 Å². The zero-order valence-electron chi connectivity index (χ0n) is 21.0. The van der Waals surface area contributed by atoms with Crippen molar-refractivity contribution in [2.24, 2.45) is 0 Å². The van der Waals surface area contributed by atoms with Gasteiger partial charge in [0.2, 0.25) is 0 Å². The maximum Gasteiger partial charge on any atom is 0.279 e. The summed E-state index contributed by atoms with van der Waals surface area (Å²) in [6.07, 6.45) is 6.05.